The lowest BCUT2D eigenvalue weighted by Crippen LogP contribution is -2.19. The van der Waals surface area contributed by atoms with Crippen molar-refractivity contribution in [1.29, 1.82) is 0 Å². The van der Waals surface area contributed by atoms with Crippen LogP contribution in [0.15, 0.2) is 66.7 Å². The first-order chi connectivity index (χ1) is 15.7. The van der Waals surface area contributed by atoms with E-state index in [0.717, 1.165) is 35.9 Å². The van der Waals surface area contributed by atoms with E-state index in [1.54, 1.807) is 24.3 Å². The van der Waals surface area contributed by atoms with E-state index in [1.807, 2.05) is 18.2 Å². The predicted octanol–water partition coefficient (Wildman–Crippen LogP) is 8.44. The van der Waals surface area contributed by atoms with Crippen LogP contribution in [0, 0.1) is 17.5 Å². The third kappa shape index (κ3) is 4.82. The number of halogens is 6. The minimum Gasteiger partial charge on any atom is -0.399 e. The van der Waals surface area contributed by atoms with E-state index in [4.69, 9.17) is 0 Å². The van der Waals surface area contributed by atoms with Gasteiger partial charge in [-0.15, -0.1) is 13.2 Å². The van der Waals surface area contributed by atoms with Crippen LogP contribution >= 0.6 is 0 Å². The van der Waals surface area contributed by atoms with E-state index < -0.39 is 23.7 Å². The van der Waals surface area contributed by atoms with E-state index in [1.165, 1.54) is 12.1 Å². The van der Waals surface area contributed by atoms with Crippen molar-refractivity contribution >= 4 is 10.8 Å². The van der Waals surface area contributed by atoms with Gasteiger partial charge in [-0.3, -0.25) is 0 Å². The topological polar surface area (TPSA) is 9.23 Å². The quantitative estimate of drug-likeness (QED) is 0.272. The molecule has 0 aromatic heterocycles. The number of rotatable bonds is 5. The van der Waals surface area contributed by atoms with Gasteiger partial charge in [0.05, 0.1) is 0 Å². The molecule has 0 bridgehead atoms. The molecule has 0 saturated heterocycles. The molecule has 7 heteroatoms. The van der Waals surface area contributed by atoms with Gasteiger partial charge in [0.2, 0.25) is 5.75 Å². The van der Waals surface area contributed by atoms with E-state index in [9.17, 15) is 22.0 Å². The highest BCUT2D eigenvalue weighted by Crippen LogP contribution is 2.34. The number of hydrogen-bond acceptors (Lipinski definition) is 1. The molecule has 4 rings (SSSR count). The molecule has 0 aliphatic rings. The van der Waals surface area contributed by atoms with Crippen LogP contribution in [0.2, 0.25) is 0 Å². The van der Waals surface area contributed by atoms with Crippen LogP contribution < -0.4 is 4.74 Å². The zero-order valence-electron chi connectivity index (χ0n) is 17.4. The fourth-order valence-electron chi connectivity index (χ4n) is 3.79. The molecule has 0 unspecified atom stereocenters. The number of aryl methyl sites for hydroxylation is 1. The molecule has 4 aromatic rings. The number of fused-ring (bicyclic) bond motifs is 1. The van der Waals surface area contributed by atoms with Crippen LogP contribution in [0.1, 0.15) is 18.9 Å². The Morgan fingerprint density at radius 3 is 1.97 bits per heavy atom. The first-order valence-electron chi connectivity index (χ1n) is 10.2. The summed E-state index contributed by atoms with van der Waals surface area (Å²) in [5.41, 5.74) is 2.42. The van der Waals surface area contributed by atoms with Crippen molar-refractivity contribution < 1.29 is 31.1 Å². The summed E-state index contributed by atoms with van der Waals surface area (Å²) in [5.74, 6) is -4.85. The lowest BCUT2D eigenvalue weighted by molar-refractivity contribution is -0.276. The van der Waals surface area contributed by atoms with Gasteiger partial charge in [0, 0.05) is 10.9 Å². The Morgan fingerprint density at radius 1 is 0.727 bits per heavy atom. The second-order valence-corrected chi connectivity index (χ2v) is 7.63. The Balaban J connectivity index is 1.66. The largest absolute Gasteiger partial charge is 0.573 e. The van der Waals surface area contributed by atoms with Crippen LogP contribution in [-0.2, 0) is 6.42 Å². The Morgan fingerprint density at radius 2 is 1.36 bits per heavy atom. The first-order valence-corrected chi connectivity index (χ1v) is 10.2. The predicted molar refractivity (Wildman–Crippen MR) is 115 cm³/mol. The molecule has 4 aromatic carbocycles. The summed E-state index contributed by atoms with van der Waals surface area (Å²) in [6.07, 6.45) is -3.32. The molecule has 0 saturated carbocycles. The fourth-order valence-corrected chi connectivity index (χ4v) is 3.79. The van der Waals surface area contributed by atoms with Crippen molar-refractivity contribution in [3.05, 3.63) is 89.7 Å². The highest BCUT2D eigenvalue weighted by Gasteiger charge is 2.34. The lowest BCUT2D eigenvalue weighted by atomic mass is 9.96. The van der Waals surface area contributed by atoms with E-state index in [0.29, 0.717) is 22.1 Å². The van der Waals surface area contributed by atoms with Crippen LogP contribution in [0.25, 0.3) is 33.0 Å². The molecule has 0 aliphatic heterocycles. The summed E-state index contributed by atoms with van der Waals surface area (Å²) >= 11 is 0. The van der Waals surface area contributed by atoms with E-state index in [-0.39, 0.29) is 11.4 Å². The van der Waals surface area contributed by atoms with Crippen molar-refractivity contribution in [3.8, 4) is 28.0 Å². The molecule has 1 nitrogen and oxygen atoms in total. The maximum Gasteiger partial charge on any atom is 0.573 e. The highest BCUT2D eigenvalue weighted by molar-refractivity contribution is 5.89. The van der Waals surface area contributed by atoms with Crippen LogP contribution in [0.4, 0.5) is 26.3 Å². The molecule has 170 valence electrons. The van der Waals surface area contributed by atoms with Gasteiger partial charge in [0.1, 0.15) is 5.82 Å². The van der Waals surface area contributed by atoms with Crippen LogP contribution in [0.3, 0.4) is 0 Å². The molecule has 0 amide bonds. The maximum absolute atomic E-state index is 15.2. The van der Waals surface area contributed by atoms with E-state index >= 15 is 4.39 Å². The zero-order valence-corrected chi connectivity index (χ0v) is 17.4. The molecule has 0 fully saturated rings. The van der Waals surface area contributed by atoms with Gasteiger partial charge in [-0.05, 0) is 46.2 Å². The summed E-state index contributed by atoms with van der Waals surface area (Å²) in [6, 6.07) is 16.8. The third-order valence-electron chi connectivity index (χ3n) is 5.30. The van der Waals surface area contributed by atoms with Crippen molar-refractivity contribution in [2.45, 2.75) is 26.1 Å². The van der Waals surface area contributed by atoms with Crippen LogP contribution in [0.5, 0.6) is 5.75 Å². The number of benzene rings is 4. The number of alkyl halides is 3. The summed E-state index contributed by atoms with van der Waals surface area (Å²) in [6.45, 7) is 2.07. The summed E-state index contributed by atoms with van der Waals surface area (Å²) in [7, 11) is 0. The number of hydrogen-bond donors (Lipinski definition) is 0. The number of ether oxygens (including phenoxy) is 1. The Hall–Kier alpha value is -3.48. The van der Waals surface area contributed by atoms with Gasteiger partial charge in [-0.2, -0.15) is 0 Å². The SMILES string of the molecule is CCCc1ccc2c(F)c(-c3ccc(-c4cc(F)c(OC(F)(F)F)c(F)c4)cc3)ccc2c1. The molecule has 0 aliphatic carbocycles. The molecule has 0 atom stereocenters. The van der Waals surface area contributed by atoms with Gasteiger partial charge in [0.15, 0.2) is 11.6 Å². The Labute approximate surface area is 186 Å². The lowest BCUT2D eigenvalue weighted by Gasteiger charge is -2.12. The standard InChI is InChI=1S/C26H18F6O/c1-2-3-15-4-10-21-18(12-15)9-11-20(24(21)29)17-7-5-16(6-8-17)19-13-22(27)25(23(28)14-19)33-26(30,31)32/h4-14H,2-3H2,1H3. The molecule has 33 heavy (non-hydrogen) atoms. The average Bonchev–Trinajstić information content (AvgIpc) is 2.76. The third-order valence-corrected chi connectivity index (χ3v) is 5.30. The maximum atomic E-state index is 15.2. The molecular formula is C26H18F6O. The fraction of sp³-hybridized carbons (Fsp3) is 0.154. The molecular weight excluding hydrogens is 442 g/mol. The Kier molecular flexibility index (Phi) is 6.06. The molecule has 0 N–H and O–H groups in total. The van der Waals surface area contributed by atoms with E-state index in [2.05, 4.69) is 11.7 Å². The van der Waals surface area contributed by atoms with Crippen molar-refractivity contribution in [2.24, 2.45) is 0 Å². The van der Waals surface area contributed by atoms with Crippen molar-refractivity contribution in [1.82, 2.24) is 0 Å². The highest BCUT2D eigenvalue weighted by atomic mass is 19.4. The Bertz CT molecular complexity index is 1290. The summed E-state index contributed by atoms with van der Waals surface area (Å²) in [4.78, 5) is 0. The van der Waals surface area contributed by atoms with Gasteiger partial charge >= 0.3 is 6.36 Å². The van der Waals surface area contributed by atoms with Gasteiger partial charge < -0.3 is 4.74 Å². The normalized spacial score (nSPS) is 11.7. The van der Waals surface area contributed by atoms with Gasteiger partial charge in [-0.1, -0.05) is 67.9 Å². The first kappa shape index (κ1) is 22.7. The van der Waals surface area contributed by atoms with Crippen molar-refractivity contribution in [3.63, 3.8) is 0 Å². The minimum absolute atomic E-state index is 0.0218. The van der Waals surface area contributed by atoms with Gasteiger partial charge in [0.25, 0.3) is 0 Å². The second kappa shape index (κ2) is 8.81. The smallest absolute Gasteiger partial charge is 0.399 e. The molecule has 0 radical (unpaired) electrons. The molecule has 0 spiro atoms. The second-order valence-electron chi connectivity index (χ2n) is 7.63. The molecule has 0 heterocycles. The summed E-state index contributed by atoms with van der Waals surface area (Å²) < 4.78 is 83.6. The minimum atomic E-state index is -5.22. The monoisotopic (exact) mass is 460 g/mol. The zero-order chi connectivity index (χ0) is 23.8. The average molecular weight is 460 g/mol. The van der Waals surface area contributed by atoms with Crippen molar-refractivity contribution in [2.75, 3.05) is 0 Å². The van der Waals surface area contributed by atoms with Crippen LogP contribution in [-0.4, -0.2) is 6.36 Å². The van der Waals surface area contributed by atoms with Gasteiger partial charge in [-0.25, -0.2) is 13.2 Å². The summed E-state index contributed by atoms with van der Waals surface area (Å²) in [5, 5.41) is 1.28.